The monoisotopic (exact) mass is 182 g/mol. The molecule has 3 heteroatoms. The number of aliphatic hydroxyl groups excluding tert-OH is 1. The Kier molecular flexibility index (Phi) is 1.86. The quantitative estimate of drug-likeness (QED) is 0.725. The Balaban J connectivity index is 2.25. The number of rotatable bonds is 2. The predicted molar refractivity (Wildman–Crippen MR) is 45.5 cm³/mol. The number of hydrogen-bond donors (Lipinski definition) is 2. The zero-order valence-electron chi connectivity index (χ0n) is 7.07. The van der Waals surface area contributed by atoms with Gasteiger partial charge in [-0.2, -0.15) is 0 Å². The average molecular weight is 182 g/mol. The molecule has 1 atom stereocenters. The van der Waals surface area contributed by atoms with E-state index >= 15 is 0 Å². The topological polar surface area (TPSA) is 40.5 Å². The second-order valence-corrected chi connectivity index (χ2v) is 3.56. The van der Waals surface area contributed by atoms with Gasteiger partial charge in [-0.25, -0.2) is 4.39 Å². The maximum atomic E-state index is 12.7. The van der Waals surface area contributed by atoms with Gasteiger partial charge < -0.3 is 10.2 Å². The summed E-state index contributed by atoms with van der Waals surface area (Å²) >= 11 is 0. The second kappa shape index (κ2) is 2.79. The fourth-order valence-corrected chi connectivity index (χ4v) is 1.39. The summed E-state index contributed by atoms with van der Waals surface area (Å²) in [5, 5.41) is 19.2. The highest BCUT2D eigenvalue weighted by molar-refractivity contribution is 5.23. The van der Waals surface area contributed by atoms with Crippen LogP contribution < -0.4 is 0 Å². The van der Waals surface area contributed by atoms with Crippen molar-refractivity contribution in [3.8, 4) is 0 Å². The minimum atomic E-state index is -1.01. The van der Waals surface area contributed by atoms with Gasteiger partial charge in [0.2, 0.25) is 0 Å². The van der Waals surface area contributed by atoms with Crippen LogP contribution in [0.15, 0.2) is 24.3 Å². The molecule has 1 aromatic rings. The Bertz CT molecular complexity index is 320. The number of aliphatic hydroxyl groups is 2. The molecule has 0 unspecified atom stereocenters. The summed E-state index contributed by atoms with van der Waals surface area (Å²) in [4.78, 5) is 0. The first-order valence-corrected chi connectivity index (χ1v) is 4.28. The Morgan fingerprint density at radius 3 is 2.62 bits per heavy atom. The van der Waals surface area contributed by atoms with E-state index in [1.807, 2.05) is 0 Å². The van der Waals surface area contributed by atoms with Crippen LogP contribution in [0.3, 0.4) is 0 Å². The first-order chi connectivity index (χ1) is 6.12. The highest BCUT2D eigenvalue weighted by Crippen LogP contribution is 2.45. The maximum Gasteiger partial charge on any atom is 0.123 e. The number of benzene rings is 1. The number of halogens is 1. The van der Waals surface area contributed by atoms with Crippen LogP contribution in [-0.2, 0) is 0 Å². The molecule has 0 bridgehead atoms. The lowest BCUT2D eigenvalue weighted by Crippen LogP contribution is -2.19. The van der Waals surface area contributed by atoms with Gasteiger partial charge >= 0.3 is 0 Å². The van der Waals surface area contributed by atoms with Crippen molar-refractivity contribution in [1.82, 2.24) is 0 Å². The third-order valence-corrected chi connectivity index (χ3v) is 2.44. The molecule has 2 rings (SSSR count). The first kappa shape index (κ1) is 8.66. The van der Waals surface area contributed by atoms with Gasteiger partial charge in [0.15, 0.2) is 0 Å². The summed E-state index contributed by atoms with van der Waals surface area (Å²) in [6, 6.07) is 5.71. The normalized spacial score (nSPS) is 21.2. The summed E-state index contributed by atoms with van der Waals surface area (Å²) < 4.78 is 12.7. The molecule has 0 spiro atoms. The minimum absolute atomic E-state index is 0.388. The van der Waals surface area contributed by atoms with E-state index in [-0.39, 0.29) is 5.82 Å². The van der Waals surface area contributed by atoms with Gasteiger partial charge in [0.05, 0.1) is 5.60 Å². The molecular formula is C10H11FO2. The van der Waals surface area contributed by atoms with E-state index in [9.17, 15) is 14.6 Å². The maximum absolute atomic E-state index is 12.7. The fourth-order valence-electron chi connectivity index (χ4n) is 1.39. The molecule has 2 nitrogen and oxygen atoms in total. The Morgan fingerprint density at radius 1 is 1.38 bits per heavy atom. The van der Waals surface area contributed by atoms with Crippen LogP contribution >= 0.6 is 0 Å². The summed E-state index contributed by atoms with van der Waals surface area (Å²) in [6.07, 6.45) is 0.221. The average Bonchev–Trinajstić information content (AvgIpc) is 2.84. The first-order valence-electron chi connectivity index (χ1n) is 4.28. The molecule has 0 amide bonds. The van der Waals surface area contributed by atoms with Crippen molar-refractivity contribution >= 4 is 0 Å². The molecule has 2 N–H and O–H groups in total. The minimum Gasteiger partial charge on any atom is -0.387 e. The smallest absolute Gasteiger partial charge is 0.123 e. The van der Waals surface area contributed by atoms with E-state index in [1.165, 1.54) is 18.2 Å². The highest BCUT2D eigenvalue weighted by atomic mass is 19.1. The van der Waals surface area contributed by atoms with Crippen LogP contribution in [0.1, 0.15) is 24.5 Å². The molecule has 0 aromatic heterocycles. The van der Waals surface area contributed by atoms with Crippen molar-refractivity contribution in [3.05, 3.63) is 35.6 Å². The van der Waals surface area contributed by atoms with E-state index in [4.69, 9.17) is 0 Å². The summed E-state index contributed by atoms with van der Waals surface area (Å²) in [7, 11) is 0. The summed E-state index contributed by atoms with van der Waals surface area (Å²) in [5.74, 6) is -0.388. The SMILES string of the molecule is O[C@@H](c1cccc(F)c1)C1(O)CC1. The molecule has 1 fully saturated rings. The molecule has 0 radical (unpaired) electrons. The lowest BCUT2D eigenvalue weighted by molar-refractivity contribution is -0.00186. The van der Waals surface area contributed by atoms with Crippen LogP contribution in [0.4, 0.5) is 4.39 Å². The second-order valence-electron chi connectivity index (χ2n) is 3.56. The van der Waals surface area contributed by atoms with E-state index in [0.717, 1.165) is 0 Å². The van der Waals surface area contributed by atoms with Gasteiger partial charge in [-0.05, 0) is 30.5 Å². The molecule has 70 valence electrons. The molecule has 1 aliphatic carbocycles. The van der Waals surface area contributed by atoms with Crippen molar-refractivity contribution in [2.24, 2.45) is 0 Å². The number of hydrogen-bond acceptors (Lipinski definition) is 2. The van der Waals surface area contributed by atoms with E-state index in [2.05, 4.69) is 0 Å². The Hall–Kier alpha value is -0.930. The van der Waals surface area contributed by atoms with Crippen LogP contribution in [0, 0.1) is 5.82 Å². The van der Waals surface area contributed by atoms with E-state index in [0.29, 0.717) is 18.4 Å². The van der Waals surface area contributed by atoms with Crippen molar-refractivity contribution in [1.29, 1.82) is 0 Å². The van der Waals surface area contributed by atoms with E-state index in [1.54, 1.807) is 6.07 Å². The summed E-state index contributed by atoms with van der Waals surface area (Å²) in [5.41, 5.74) is -0.562. The lowest BCUT2D eigenvalue weighted by Gasteiger charge is -2.16. The zero-order valence-corrected chi connectivity index (χ0v) is 7.07. The van der Waals surface area contributed by atoms with Gasteiger partial charge in [0.25, 0.3) is 0 Å². The molecule has 1 saturated carbocycles. The van der Waals surface area contributed by atoms with Gasteiger partial charge in [0, 0.05) is 0 Å². The van der Waals surface area contributed by atoms with Gasteiger partial charge in [0.1, 0.15) is 11.9 Å². The van der Waals surface area contributed by atoms with Crippen molar-refractivity contribution in [2.75, 3.05) is 0 Å². The fraction of sp³-hybridized carbons (Fsp3) is 0.400. The van der Waals surface area contributed by atoms with Crippen molar-refractivity contribution in [3.63, 3.8) is 0 Å². The third kappa shape index (κ3) is 1.57. The zero-order chi connectivity index (χ0) is 9.47. The Morgan fingerprint density at radius 2 is 2.08 bits per heavy atom. The molecule has 1 aliphatic rings. The molecule has 13 heavy (non-hydrogen) atoms. The van der Waals surface area contributed by atoms with Gasteiger partial charge in [-0.3, -0.25) is 0 Å². The molecule has 0 saturated heterocycles. The van der Waals surface area contributed by atoms with Crippen LogP contribution in [-0.4, -0.2) is 15.8 Å². The lowest BCUT2D eigenvalue weighted by atomic mass is 10.0. The van der Waals surface area contributed by atoms with Crippen molar-refractivity contribution in [2.45, 2.75) is 24.5 Å². The Labute approximate surface area is 75.6 Å². The third-order valence-electron chi connectivity index (χ3n) is 2.44. The largest absolute Gasteiger partial charge is 0.387 e. The standard InChI is InChI=1S/C10H11FO2/c11-8-3-1-2-7(6-8)9(12)10(13)4-5-10/h1-3,6,9,12-13H,4-5H2/t9-/m0/s1. The molecule has 0 heterocycles. The van der Waals surface area contributed by atoms with Crippen LogP contribution in [0.2, 0.25) is 0 Å². The van der Waals surface area contributed by atoms with Gasteiger partial charge in [-0.15, -0.1) is 0 Å². The molecule has 0 aliphatic heterocycles. The van der Waals surface area contributed by atoms with Gasteiger partial charge in [-0.1, -0.05) is 12.1 Å². The predicted octanol–water partition coefficient (Wildman–Crippen LogP) is 1.38. The van der Waals surface area contributed by atoms with Crippen LogP contribution in [0.25, 0.3) is 0 Å². The molecule has 1 aromatic carbocycles. The highest BCUT2D eigenvalue weighted by Gasteiger charge is 2.47. The summed E-state index contributed by atoms with van der Waals surface area (Å²) in [6.45, 7) is 0. The molecular weight excluding hydrogens is 171 g/mol. The van der Waals surface area contributed by atoms with Crippen LogP contribution in [0.5, 0.6) is 0 Å². The van der Waals surface area contributed by atoms with E-state index < -0.39 is 11.7 Å². The van der Waals surface area contributed by atoms with Crippen molar-refractivity contribution < 1.29 is 14.6 Å².